The van der Waals surface area contributed by atoms with E-state index in [0.717, 1.165) is 35.5 Å². The molecule has 114 valence electrons. The van der Waals surface area contributed by atoms with Crippen LogP contribution in [0.3, 0.4) is 0 Å². The fourth-order valence-corrected chi connectivity index (χ4v) is 4.35. The highest BCUT2D eigenvalue weighted by atomic mass is 32.1. The first-order valence-corrected chi connectivity index (χ1v) is 8.56. The van der Waals surface area contributed by atoms with E-state index in [4.69, 9.17) is 0 Å². The molecule has 0 bridgehead atoms. The molecule has 0 amide bonds. The van der Waals surface area contributed by atoms with Gasteiger partial charge in [0.25, 0.3) is 0 Å². The Balaban J connectivity index is 1.87. The number of thiophene rings is 1. The van der Waals surface area contributed by atoms with Crippen molar-refractivity contribution in [1.29, 1.82) is 5.26 Å². The first-order valence-electron chi connectivity index (χ1n) is 7.75. The summed E-state index contributed by atoms with van der Waals surface area (Å²) in [4.78, 5) is 10.0. The van der Waals surface area contributed by atoms with Crippen LogP contribution in [0.15, 0.2) is 30.7 Å². The summed E-state index contributed by atoms with van der Waals surface area (Å²) in [7, 11) is 0. The molecule has 3 aromatic heterocycles. The van der Waals surface area contributed by atoms with Gasteiger partial charge in [-0.05, 0) is 43.4 Å². The second-order valence-corrected chi connectivity index (χ2v) is 6.65. The SMILES string of the molecule is N#Cc1c(-n2ncnc2-c2ccccn2)sc2c1CCCCC2. The standard InChI is InChI=1S/C17H15N5S/c18-10-13-12-6-2-1-3-8-15(12)23-17(13)22-16(20-11-21-22)14-7-4-5-9-19-14/h4-5,7,9,11H,1-3,6,8H2. The van der Waals surface area contributed by atoms with Crippen molar-refractivity contribution in [2.24, 2.45) is 0 Å². The molecule has 6 heteroatoms. The highest BCUT2D eigenvalue weighted by Gasteiger charge is 2.23. The quantitative estimate of drug-likeness (QED) is 0.677. The maximum atomic E-state index is 9.69. The molecule has 3 aromatic rings. The number of nitrogens with zero attached hydrogens (tertiary/aromatic N) is 5. The minimum absolute atomic E-state index is 0.679. The second kappa shape index (κ2) is 5.94. The topological polar surface area (TPSA) is 67.4 Å². The maximum absolute atomic E-state index is 9.69. The molecule has 0 N–H and O–H groups in total. The van der Waals surface area contributed by atoms with Crippen molar-refractivity contribution in [1.82, 2.24) is 19.7 Å². The van der Waals surface area contributed by atoms with Gasteiger partial charge in [0.1, 0.15) is 23.1 Å². The molecule has 0 atom stereocenters. The summed E-state index contributed by atoms with van der Waals surface area (Å²) in [6.07, 6.45) is 8.90. The van der Waals surface area contributed by atoms with Gasteiger partial charge in [-0.1, -0.05) is 12.5 Å². The van der Waals surface area contributed by atoms with Crippen LogP contribution < -0.4 is 0 Å². The normalized spacial score (nSPS) is 14.0. The number of pyridine rings is 1. The van der Waals surface area contributed by atoms with E-state index < -0.39 is 0 Å². The van der Waals surface area contributed by atoms with Crippen LogP contribution in [0.4, 0.5) is 0 Å². The van der Waals surface area contributed by atoms with Crippen LogP contribution >= 0.6 is 11.3 Å². The molecule has 5 nitrogen and oxygen atoms in total. The van der Waals surface area contributed by atoms with Gasteiger partial charge in [-0.2, -0.15) is 10.4 Å². The molecular formula is C17H15N5S. The number of aromatic nitrogens is 4. The zero-order chi connectivity index (χ0) is 15.6. The van der Waals surface area contributed by atoms with E-state index in [2.05, 4.69) is 21.1 Å². The van der Waals surface area contributed by atoms with Crippen molar-refractivity contribution >= 4 is 11.3 Å². The molecule has 1 aliphatic carbocycles. The first-order chi connectivity index (χ1) is 11.4. The van der Waals surface area contributed by atoms with Crippen LogP contribution in [0, 0.1) is 11.3 Å². The summed E-state index contributed by atoms with van der Waals surface area (Å²) >= 11 is 1.68. The summed E-state index contributed by atoms with van der Waals surface area (Å²) in [5, 5.41) is 14.9. The fraction of sp³-hybridized carbons (Fsp3) is 0.294. The molecule has 0 saturated carbocycles. The third kappa shape index (κ3) is 2.43. The van der Waals surface area contributed by atoms with Crippen LogP contribution in [0.2, 0.25) is 0 Å². The molecule has 0 aromatic carbocycles. The van der Waals surface area contributed by atoms with Crippen molar-refractivity contribution in [3.05, 3.63) is 46.7 Å². The number of aryl methyl sites for hydroxylation is 1. The molecule has 0 aliphatic heterocycles. The Labute approximate surface area is 138 Å². The lowest BCUT2D eigenvalue weighted by molar-refractivity contribution is 0.712. The van der Waals surface area contributed by atoms with Crippen molar-refractivity contribution in [3.8, 4) is 22.6 Å². The van der Waals surface area contributed by atoms with Gasteiger partial charge in [-0.25, -0.2) is 9.67 Å². The fourth-order valence-electron chi connectivity index (χ4n) is 3.05. The molecule has 0 radical (unpaired) electrons. The van der Waals surface area contributed by atoms with Crippen molar-refractivity contribution in [3.63, 3.8) is 0 Å². The Bertz CT molecular complexity index is 872. The van der Waals surface area contributed by atoms with Gasteiger partial charge in [0.2, 0.25) is 0 Å². The van der Waals surface area contributed by atoms with Crippen molar-refractivity contribution in [2.75, 3.05) is 0 Å². The zero-order valence-corrected chi connectivity index (χ0v) is 13.4. The smallest absolute Gasteiger partial charge is 0.182 e. The largest absolute Gasteiger partial charge is 0.253 e. The minimum atomic E-state index is 0.679. The lowest BCUT2D eigenvalue weighted by Crippen LogP contribution is -2.01. The molecule has 0 unspecified atom stereocenters. The average Bonchev–Trinajstić information content (AvgIpc) is 3.14. The van der Waals surface area contributed by atoms with Gasteiger partial charge < -0.3 is 0 Å². The Morgan fingerprint density at radius 1 is 1.13 bits per heavy atom. The monoisotopic (exact) mass is 321 g/mol. The highest BCUT2D eigenvalue weighted by Crippen LogP contribution is 2.36. The van der Waals surface area contributed by atoms with Gasteiger partial charge in [-0.3, -0.25) is 4.98 Å². The van der Waals surface area contributed by atoms with Crippen LogP contribution in [0.5, 0.6) is 0 Å². The summed E-state index contributed by atoms with van der Waals surface area (Å²) in [6.45, 7) is 0. The maximum Gasteiger partial charge on any atom is 0.182 e. The van der Waals surface area contributed by atoms with Crippen molar-refractivity contribution in [2.45, 2.75) is 32.1 Å². The molecular weight excluding hydrogens is 306 g/mol. The van der Waals surface area contributed by atoms with Crippen molar-refractivity contribution < 1.29 is 0 Å². The van der Waals surface area contributed by atoms with E-state index in [9.17, 15) is 5.26 Å². The van der Waals surface area contributed by atoms with Gasteiger partial charge >= 0.3 is 0 Å². The Morgan fingerprint density at radius 2 is 2.04 bits per heavy atom. The molecule has 1 aliphatic rings. The molecule has 0 fully saturated rings. The van der Waals surface area contributed by atoms with E-state index in [1.807, 2.05) is 18.2 Å². The summed E-state index contributed by atoms with van der Waals surface area (Å²) in [5.74, 6) is 0.679. The number of rotatable bonds is 2. The van der Waals surface area contributed by atoms with Gasteiger partial charge in [0.05, 0.1) is 5.56 Å². The molecule has 23 heavy (non-hydrogen) atoms. The first kappa shape index (κ1) is 14.1. The Hall–Kier alpha value is -2.52. The predicted molar refractivity (Wildman–Crippen MR) is 88.4 cm³/mol. The molecule has 4 rings (SSSR count). The average molecular weight is 321 g/mol. The molecule has 3 heterocycles. The lowest BCUT2D eigenvalue weighted by Gasteiger charge is -2.04. The van der Waals surface area contributed by atoms with Gasteiger partial charge in [-0.15, -0.1) is 11.3 Å². The Morgan fingerprint density at radius 3 is 2.87 bits per heavy atom. The van der Waals surface area contributed by atoms with Crippen LogP contribution in [0.25, 0.3) is 16.5 Å². The predicted octanol–water partition coefficient (Wildman–Crippen LogP) is 3.53. The zero-order valence-electron chi connectivity index (χ0n) is 12.6. The third-order valence-corrected chi connectivity index (χ3v) is 5.42. The summed E-state index contributed by atoms with van der Waals surface area (Å²) in [5.41, 5.74) is 2.74. The minimum Gasteiger partial charge on any atom is -0.253 e. The van der Waals surface area contributed by atoms with E-state index >= 15 is 0 Å². The van der Waals surface area contributed by atoms with Crippen LogP contribution in [-0.2, 0) is 12.8 Å². The Kier molecular flexibility index (Phi) is 3.64. The summed E-state index contributed by atoms with van der Waals surface area (Å²) < 4.78 is 1.76. The van der Waals surface area contributed by atoms with Gasteiger partial charge in [0, 0.05) is 11.1 Å². The third-order valence-electron chi connectivity index (χ3n) is 4.15. The highest BCUT2D eigenvalue weighted by molar-refractivity contribution is 7.15. The van der Waals surface area contributed by atoms with E-state index in [0.29, 0.717) is 5.82 Å². The van der Waals surface area contributed by atoms with E-state index in [1.165, 1.54) is 29.6 Å². The van der Waals surface area contributed by atoms with Crippen LogP contribution in [0.1, 0.15) is 35.3 Å². The number of hydrogen-bond donors (Lipinski definition) is 0. The van der Waals surface area contributed by atoms with E-state index in [1.54, 1.807) is 22.2 Å². The molecule has 0 spiro atoms. The second-order valence-electron chi connectivity index (χ2n) is 5.57. The molecule has 0 saturated heterocycles. The summed E-state index contributed by atoms with van der Waals surface area (Å²) in [6, 6.07) is 8.11. The number of hydrogen-bond acceptors (Lipinski definition) is 5. The number of fused-ring (bicyclic) bond motifs is 1. The van der Waals surface area contributed by atoms with Gasteiger partial charge in [0.15, 0.2) is 5.82 Å². The van der Waals surface area contributed by atoms with E-state index in [-0.39, 0.29) is 0 Å². The number of nitriles is 1. The lowest BCUT2D eigenvalue weighted by atomic mass is 10.1. The van der Waals surface area contributed by atoms with Crippen LogP contribution in [-0.4, -0.2) is 19.7 Å².